The van der Waals surface area contributed by atoms with Crippen LogP contribution >= 0.6 is 0 Å². The number of piperidine rings is 1. The number of rotatable bonds is 1. The summed E-state index contributed by atoms with van der Waals surface area (Å²) in [4.78, 5) is 14.8. The minimum absolute atomic E-state index is 0.0348. The van der Waals surface area contributed by atoms with E-state index in [1.165, 1.54) is 7.11 Å². The molecule has 2 bridgehead atoms. The van der Waals surface area contributed by atoms with E-state index in [1.807, 2.05) is 7.05 Å². The number of phenols is 2. The van der Waals surface area contributed by atoms with Crippen molar-refractivity contribution in [2.75, 3.05) is 20.7 Å². The van der Waals surface area contributed by atoms with Gasteiger partial charge in [-0.1, -0.05) is 0 Å². The zero-order chi connectivity index (χ0) is 17.7. The Kier molecular flexibility index (Phi) is 2.69. The van der Waals surface area contributed by atoms with Crippen LogP contribution in [-0.4, -0.2) is 64.5 Å². The smallest absolute Gasteiger partial charge is 0.207 e. The lowest BCUT2D eigenvalue weighted by molar-refractivity contribution is -0.185. The number of ketones is 1. The summed E-state index contributed by atoms with van der Waals surface area (Å²) in [5.41, 5.74) is -0.775. The fourth-order valence-corrected chi connectivity index (χ4v) is 5.83. The number of hydrogen-bond acceptors (Lipinski definition) is 7. The molecule has 5 rings (SSSR count). The standard InChI is InChI=1S/C18H21NO6/c1-19-6-5-17-11-8-7-10(19)18(17,23)4-3-9(20)16(17)25-14(11)15(24-2)13(22)12(8)21/h10,16,21-23H,3-7H2,1-2H3/t10-,16+,17+,18-/m1/s1. The Hall–Kier alpha value is -1.99. The van der Waals surface area contributed by atoms with Crippen LogP contribution in [0.1, 0.15) is 30.4 Å². The maximum atomic E-state index is 12.7. The number of methoxy groups -OCH3 is 1. The number of likely N-dealkylation sites (N-methyl/N-ethyl adjacent to an activating group) is 1. The molecule has 0 amide bonds. The first kappa shape index (κ1) is 15.3. The maximum Gasteiger partial charge on any atom is 0.207 e. The molecule has 0 unspecified atom stereocenters. The molecule has 1 aromatic carbocycles. The summed E-state index contributed by atoms with van der Waals surface area (Å²) in [6, 6.07) is -0.238. The maximum absolute atomic E-state index is 12.7. The van der Waals surface area contributed by atoms with E-state index >= 15 is 0 Å². The number of aliphatic hydroxyl groups is 1. The van der Waals surface area contributed by atoms with E-state index in [9.17, 15) is 20.1 Å². The summed E-state index contributed by atoms with van der Waals surface area (Å²) < 4.78 is 11.3. The molecule has 7 heteroatoms. The number of likely N-dealkylation sites (tertiary alicyclic amines) is 1. The first-order valence-electron chi connectivity index (χ1n) is 8.64. The second-order valence-electron chi connectivity index (χ2n) is 7.72. The van der Waals surface area contributed by atoms with Gasteiger partial charge in [-0.15, -0.1) is 0 Å². The number of carbonyl (C=O) groups is 1. The summed E-state index contributed by atoms with van der Waals surface area (Å²) >= 11 is 0. The van der Waals surface area contributed by atoms with Crippen molar-refractivity contribution in [1.29, 1.82) is 0 Å². The minimum Gasteiger partial charge on any atom is -0.504 e. The summed E-state index contributed by atoms with van der Waals surface area (Å²) in [6.07, 6.45) is 0.789. The number of benzene rings is 1. The van der Waals surface area contributed by atoms with Gasteiger partial charge in [0.2, 0.25) is 11.5 Å². The van der Waals surface area contributed by atoms with Gasteiger partial charge in [-0.3, -0.25) is 4.79 Å². The van der Waals surface area contributed by atoms with Crippen molar-refractivity contribution in [2.45, 2.75) is 48.8 Å². The predicted molar refractivity (Wildman–Crippen MR) is 86.3 cm³/mol. The van der Waals surface area contributed by atoms with Gasteiger partial charge < -0.3 is 29.7 Å². The number of hydrogen-bond donors (Lipinski definition) is 3. The van der Waals surface area contributed by atoms with Crippen molar-refractivity contribution in [3.8, 4) is 23.0 Å². The Bertz CT molecular complexity index is 823. The second kappa shape index (κ2) is 4.40. The van der Waals surface area contributed by atoms with E-state index in [2.05, 4.69) is 4.90 Å². The third-order valence-electron chi connectivity index (χ3n) is 6.95. The molecule has 2 aliphatic carbocycles. The fraction of sp³-hybridized carbons (Fsp3) is 0.611. The average Bonchev–Trinajstić information content (AvgIpc) is 2.92. The lowest BCUT2D eigenvalue weighted by Gasteiger charge is -2.61. The molecular formula is C18H21NO6. The van der Waals surface area contributed by atoms with Crippen molar-refractivity contribution in [3.05, 3.63) is 11.1 Å². The van der Waals surface area contributed by atoms with Gasteiger partial charge in [0.15, 0.2) is 23.4 Å². The lowest BCUT2D eigenvalue weighted by Crippen LogP contribution is -2.76. The normalized spacial score (nSPS) is 38.3. The van der Waals surface area contributed by atoms with Gasteiger partial charge in [0.25, 0.3) is 0 Å². The van der Waals surface area contributed by atoms with Crippen LogP contribution < -0.4 is 9.47 Å². The third kappa shape index (κ3) is 1.41. The highest BCUT2D eigenvalue weighted by atomic mass is 16.5. The highest BCUT2D eigenvalue weighted by Crippen LogP contribution is 2.67. The van der Waals surface area contributed by atoms with Gasteiger partial charge in [0, 0.05) is 23.6 Å². The molecule has 4 atom stereocenters. The largest absolute Gasteiger partial charge is 0.504 e. The second-order valence-corrected chi connectivity index (χ2v) is 7.72. The van der Waals surface area contributed by atoms with Crippen LogP contribution in [0.4, 0.5) is 0 Å². The van der Waals surface area contributed by atoms with Crippen molar-refractivity contribution < 1.29 is 29.6 Å². The van der Waals surface area contributed by atoms with Gasteiger partial charge in [-0.25, -0.2) is 0 Å². The third-order valence-corrected chi connectivity index (χ3v) is 6.95. The van der Waals surface area contributed by atoms with E-state index in [4.69, 9.17) is 9.47 Å². The molecule has 1 aromatic rings. The van der Waals surface area contributed by atoms with Crippen LogP contribution in [0.3, 0.4) is 0 Å². The van der Waals surface area contributed by atoms with E-state index in [0.29, 0.717) is 36.1 Å². The van der Waals surface area contributed by atoms with Gasteiger partial charge in [-0.2, -0.15) is 0 Å². The van der Waals surface area contributed by atoms with E-state index in [1.54, 1.807) is 0 Å². The molecule has 7 nitrogen and oxygen atoms in total. The Morgan fingerprint density at radius 2 is 2.04 bits per heavy atom. The number of ether oxygens (including phenoxy) is 2. The van der Waals surface area contributed by atoms with Crippen LogP contribution in [-0.2, 0) is 16.6 Å². The molecule has 2 fully saturated rings. The molecule has 1 saturated heterocycles. The topological polar surface area (TPSA) is 99.5 Å². The van der Waals surface area contributed by atoms with Gasteiger partial charge in [0.1, 0.15) is 0 Å². The molecule has 134 valence electrons. The van der Waals surface area contributed by atoms with Crippen molar-refractivity contribution in [2.24, 2.45) is 0 Å². The number of phenolic OH excluding ortho intramolecular Hbond substituents is 2. The van der Waals surface area contributed by atoms with Crippen molar-refractivity contribution >= 4 is 5.78 Å². The molecule has 0 aromatic heterocycles. The Labute approximate surface area is 144 Å². The first-order valence-corrected chi connectivity index (χ1v) is 8.64. The summed E-state index contributed by atoms with van der Waals surface area (Å²) in [5, 5.41) is 32.7. The molecule has 3 N–H and O–H groups in total. The summed E-state index contributed by atoms with van der Waals surface area (Å²) in [7, 11) is 3.33. The minimum atomic E-state index is -1.11. The van der Waals surface area contributed by atoms with Gasteiger partial charge in [0.05, 0.1) is 18.1 Å². The Balaban J connectivity index is 1.91. The lowest BCUT2D eigenvalue weighted by atomic mass is 9.49. The zero-order valence-electron chi connectivity index (χ0n) is 14.2. The predicted octanol–water partition coefficient (Wildman–Crippen LogP) is 0.459. The van der Waals surface area contributed by atoms with E-state index < -0.39 is 17.1 Å². The molecular weight excluding hydrogens is 326 g/mol. The van der Waals surface area contributed by atoms with E-state index in [-0.39, 0.29) is 35.5 Å². The molecule has 2 heterocycles. The fourth-order valence-electron chi connectivity index (χ4n) is 5.83. The van der Waals surface area contributed by atoms with E-state index in [0.717, 1.165) is 6.54 Å². The monoisotopic (exact) mass is 347 g/mol. The molecule has 1 spiro atoms. The molecule has 0 radical (unpaired) electrons. The summed E-state index contributed by atoms with van der Waals surface area (Å²) in [5.74, 6) is -0.315. The first-order chi connectivity index (χ1) is 11.9. The molecule has 2 aliphatic heterocycles. The van der Waals surface area contributed by atoms with Crippen LogP contribution in [0.25, 0.3) is 0 Å². The Morgan fingerprint density at radius 3 is 2.76 bits per heavy atom. The SMILES string of the molecule is COc1c(O)c(O)c2c3c1O[C@H]1C(=O)CC[C@@]4(O)[C@@H](C2)N(C)CC[C@]314. The summed E-state index contributed by atoms with van der Waals surface area (Å²) in [6.45, 7) is 0.725. The van der Waals surface area contributed by atoms with Crippen molar-refractivity contribution in [3.63, 3.8) is 0 Å². The van der Waals surface area contributed by atoms with Gasteiger partial charge >= 0.3 is 0 Å². The average molecular weight is 347 g/mol. The number of nitrogens with zero attached hydrogens (tertiary/aromatic N) is 1. The molecule has 4 aliphatic rings. The molecule has 25 heavy (non-hydrogen) atoms. The quantitative estimate of drug-likeness (QED) is 0.635. The highest BCUT2D eigenvalue weighted by Gasteiger charge is 2.73. The molecule has 1 saturated carbocycles. The van der Waals surface area contributed by atoms with Crippen molar-refractivity contribution in [1.82, 2.24) is 4.90 Å². The number of carbonyl (C=O) groups excluding carboxylic acids is 1. The van der Waals surface area contributed by atoms with Crippen LogP contribution in [0.2, 0.25) is 0 Å². The Morgan fingerprint density at radius 1 is 1.28 bits per heavy atom. The zero-order valence-corrected chi connectivity index (χ0v) is 14.2. The highest BCUT2D eigenvalue weighted by molar-refractivity contribution is 5.90. The van der Waals surface area contributed by atoms with Crippen LogP contribution in [0.5, 0.6) is 23.0 Å². The number of Topliss-reactive ketones (excluding diaryl/α,β-unsaturated/α-hetero) is 1. The van der Waals surface area contributed by atoms with Crippen LogP contribution in [0.15, 0.2) is 0 Å². The van der Waals surface area contributed by atoms with Crippen LogP contribution in [0, 0.1) is 0 Å². The number of aromatic hydroxyl groups is 2. The van der Waals surface area contributed by atoms with Gasteiger partial charge in [-0.05, 0) is 32.9 Å².